The summed E-state index contributed by atoms with van der Waals surface area (Å²) in [5.74, 6) is -2.24. The molecule has 3 aromatic carbocycles. The van der Waals surface area contributed by atoms with Gasteiger partial charge in [-0.3, -0.25) is 44.1 Å². The third kappa shape index (κ3) is 9.13. The number of amides is 7. The number of urea groups is 1. The molecule has 1 saturated heterocycles. The molecule has 1 atom stereocenters. The second-order valence-corrected chi connectivity index (χ2v) is 13.1. The number of nitrogens with zero attached hydrogens (tertiary/aromatic N) is 5. The second-order valence-electron chi connectivity index (χ2n) is 13.1. The quantitative estimate of drug-likeness (QED) is 0.0481. The van der Waals surface area contributed by atoms with Gasteiger partial charge >= 0.3 is 6.03 Å². The van der Waals surface area contributed by atoms with Crippen LogP contribution in [0.1, 0.15) is 81.4 Å². The van der Waals surface area contributed by atoms with Gasteiger partial charge in [-0.2, -0.15) is 0 Å². The minimum atomic E-state index is -1.05. The standard InChI is InChI=1S/C38H41N9O8/c1-2-3-18-45(22-24-8-10-25(11-9-24)34(49)43-54)38(53)40-26-12-14-28(15-13-26)55-20-5-19-46-23-27(42-44-46)21-39-30-7-4-6-29-33(30)37(52)47(36(29)51)31-16-17-32(48)41-35(31)50/h4,6-15,23,31,39,54H,2-3,5,16-22H2,1H3,(H,40,53)(H,43,49)(H,41,48,50). The number of hydrogen-bond acceptors (Lipinski definition) is 11. The van der Waals surface area contributed by atoms with E-state index in [2.05, 4.69) is 33.2 Å². The number of unbranched alkanes of at least 4 members (excludes halogenated alkanes) is 1. The molecule has 0 saturated carbocycles. The van der Waals surface area contributed by atoms with Crippen molar-refractivity contribution in [3.05, 3.63) is 101 Å². The van der Waals surface area contributed by atoms with Crippen molar-refractivity contribution in [2.45, 2.75) is 64.7 Å². The number of aromatic nitrogens is 3. The van der Waals surface area contributed by atoms with Crippen LogP contribution in [0.4, 0.5) is 16.2 Å². The van der Waals surface area contributed by atoms with E-state index in [9.17, 15) is 28.8 Å². The van der Waals surface area contributed by atoms with Gasteiger partial charge in [-0.25, -0.2) is 10.3 Å². The molecule has 4 aromatic rings. The van der Waals surface area contributed by atoms with Crippen LogP contribution in [-0.2, 0) is 29.2 Å². The van der Waals surface area contributed by atoms with Gasteiger partial charge in [0.15, 0.2) is 0 Å². The zero-order valence-electron chi connectivity index (χ0n) is 30.1. The predicted molar refractivity (Wildman–Crippen MR) is 197 cm³/mol. The van der Waals surface area contributed by atoms with Gasteiger partial charge in [0.05, 0.1) is 30.5 Å². The van der Waals surface area contributed by atoms with Crippen molar-refractivity contribution in [3.8, 4) is 5.75 Å². The molecule has 0 radical (unpaired) electrons. The summed E-state index contributed by atoms with van der Waals surface area (Å²) in [6, 6.07) is 17.3. The first kappa shape index (κ1) is 38.1. The fourth-order valence-corrected chi connectivity index (χ4v) is 6.28. The molecule has 7 amide bonds. The smallest absolute Gasteiger partial charge is 0.322 e. The molecule has 0 spiro atoms. The number of benzene rings is 3. The number of piperidine rings is 1. The molecule has 1 unspecified atom stereocenters. The minimum Gasteiger partial charge on any atom is -0.494 e. The summed E-state index contributed by atoms with van der Waals surface area (Å²) in [6.07, 6.45) is 4.26. The van der Waals surface area contributed by atoms with Crippen LogP contribution in [0.3, 0.4) is 0 Å². The van der Waals surface area contributed by atoms with Crippen LogP contribution in [0.25, 0.3) is 0 Å². The lowest BCUT2D eigenvalue weighted by Crippen LogP contribution is -2.54. The number of aryl methyl sites for hydroxylation is 1. The van der Waals surface area contributed by atoms with Gasteiger partial charge in [0.2, 0.25) is 11.8 Å². The summed E-state index contributed by atoms with van der Waals surface area (Å²) >= 11 is 0. The van der Waals surface area contributed by atoms with Gasteiger partial charge < -0.3 is 20.3 Å². The van der Waals surface area contributed by atoms with Crippen molar-refractivity contribution in [3.63, 3.8) is 0 Å². The molecular weight excluding hydrogens is 710 g/mol. The lowest BCUT2D eigenvalue weighted by Gasteiger charge is -2.27. The number of anilines is 2. The summed E-state index contributed by atoms with van der Waals surface area (Å²) in [4.78, 5) is 77.9. The molecule has 0 aliphatic carbocycles. The van der Waals surface area contributed by atoms with E-state index in [0.717, 1.165) is 23.3 Å². The number of ether oxygens (including phenoxy) is 1. The summed E-state index contributed by atoms with van der Waals surface area (Å²) in [6.45, 7) is 4.11. The highest BCUT2D eigenvalue weighted by molar-refractivity contribution is 6.25. The number of nitrogens with one attached hydrogen (secondary N) is 4. The van der Waals surface area contributed by atoms with Crippen molar-refractivity contribution in [1.29, 1.82) is 0 Å². The van der Waals surface area contributed by atoms with E-state index in [4.69, 9.17) is 9.94 Å². The van der Waals surface area contributed by atoms with Crippen molar-refractivity contribution in [1.82, 2.24) is 35.6 Å². The van der Waals surface area contributed by atoms with E-state index in [1.807, 2.05) is 0 Å². The Bertz CT molecular complexity index is 2070. The molecular formula is C38H41N9O8. The lowest BCUT2D eigenvalue weighted by atomic mass is 10.0. The zero-order chi connectivity index (χ0) is 38.9. The van der Waals surface area contributed by atoms with Crippen molar-refractivity contribution < 1.29 is 38.7 Å². The van der Waals surface area contributed by atoms with Crippen molar-refractivity contribution in [2.75, 3.05) is 23.8 Å². The maximum Gasteiger partial charge on any atom is 0.322 e. The Balaban J connectivity index is 0.949. The SMILES string of the molecule is CCCCN(Cc1ccc(C(=O)NO)cc1)C(=O)Nc1ccc(OCCCn2cc(CNc3cccc4c3C(=O)N(C3CCC(=O)NC3=O)C4=O)nn2)cc1. The maximum atomic E-state index is 13.3. The molecule has 3 heterocycles. The van der Waals surface area contributed by atoms with Crippen LogP contribution in [0.2, 0.25) is 0 Å². The van der Waals surface area contributed by atoms with Gasteiger partial charge in [-0.05, 0) is 66.9 Å². The van der Waals surface area contributed by atoms with Crippen LogP contribution in [0.15, 0.2) is 72.9 Å². The molecule has 0 bridgehead atoms. The van der Waals surface area contributed by atoms with E-state index in [1.54, 1.807) is 81.9 Å². The Morgan fingerprint density at radius 1 is 1.00 bits per heavy atom. The Morgan fingerprint density at radius 3 is 2.51 bits per heavy atom. The van der Waals surface area contributed by atoms with E-state index in [-0.39, 0.29) is 36.5 Å². The number of imide groups is 2. The molecule has 5 N–H and O–H groups in total. The van der Waals surface area contributed by atoms with Gasteiger partial charge in [0.1, 0.15) is 17.5 Å². The van der Waals surface area contributed by atoms with Gasteiger partial charge in [-0.1, -0.05) is 36.8 Å². The van der Waals surface area contributed by atoms with Crippen LogP contribution < -0.4 is 26.2 Å². The Hall–Kier alpha value is -6.62. The molecule has 2 aliphatic rings. The van der Waals surface area contributed by atoms with E-state index >= 15 is 0 Å². The maximum absolute atomic E-state index is 13.3. The van der Waals surface area contributed by atoms with Gasteiger partial charge in [-0.15, -0.1) is 5.10 Å². The molecule has 286 valence electrons. The largest absolute Gasteiger partial charge is 0.494 e. The highest BCUT2D eigenvalue weighted by Gasteiger charge is 2.45. The Morgan fingerprint density at radius 2 is 1.78 bits per heavy atom. The van der Waals surface area contributed by atoms with Crippen molar-refractivity contribution >= 4 is 46.9 Å². The summed E-state index contributed by atoms with van der Waals surface area (Å²) < 4.78 is 7.57. The molecule has 1 aromatic heterocycles. The van der Waals surface area contributed by atoms with E-state index in [0.29, 0.717) is 61.0 Å². The number of carbonyl (C=O) groups is 6. The monoisotopic (exact) mass is 751 g/mol. The highest BCUT2D eigenvalue weighted by Crippen LogP contribution is 2.32. The average Bonchev–Trinajstić information content (AvgIpc) is 3.75. The van der Waals surface area contributed by atoms with Crippen molar-refractivity contribution in [2.24, 2.45) is 0 Å². The van der Waals surface area contributed by atoms with E-state index in [1.165, 1.54) is 6.07 Å². The number of hydroxylamine groups is 1. The molecule has 6 rings (SSSR count). The zero-order valence-corrected chi connectivity index (χ0v) is 30.1. The fraction of sp³-hybridized carbons (Fsp3) is 0.316. The first-order valence-corrected chi connectivity index (χ1v) is 17.9. The minimum absolute atomic E-state index is 0.0431. The fourth-order valence-electron chi connectivity index (χ4n) is 6.28. The molecule has 1 fully saturated rings. The first-order valence-electron chi connectivity index (χ1n) is 17.9. The summed E-state index contributed by atoms with van der Waals surface area (Å²) in [5, 5.41) is 25.5. The predicted octanol–water partition coefficient (Wildman–Crippen LogP) is 3.71. The molecule has 17 nitrogen and oxygen atoms in total. The van der Waals surface area contributed by atoms with E-state index < -0.39 is 35.6 Å². The Kier molecular flexibility index (Phi) is 12.1. The summed E-state index contributed by atoms with van der Waals surface area (Å²) in [7, 11) is 0. The van der Waals surface area contributed by atoms with Crippen LogP contribution in [-0.4, -0.2) is 84.8 Å². The average molecular weight is 752 g/mol. The van der Waals surface area contributed by atoms with Crippen LogP contribution in [0, 0.1) is 0 Å². The molecule has 17 heteroatoms. The normalized spacial score (nSPS) is 15.0. The summed E-state index contributed by atoms with van der Waals surface area (Å²) in [5.41, 5.74) is 4.76. The number of fused-ring (bicyclic) bond motifs is 1. The highest BCUT2D eigenvalue weighted by atomic mass is 16.5. The lowest BCUT2D eigenvalue weighted by molar-refractivity contribution is -0.136. The Labute approximate surface area is 316 Å². The third-order valence-electron chi connectivity index (χ3n) is 9.18. The molecule has 2 aliphatic heterocycles. The van der Waals surface area contributed by atoms with Gasteiger partial charge in [0.25, 0.3) is 17.7 Å². The first-order chi connectivity index (χ1) is 26.6. The number of rotatable bonds is 16. The topological polar surface area (TPSA) is 217 Å². The molecule has 55 heavy (non-hydrogen) atoms. The van der Waals surface area contributed by atoms with Crippen LogP contribution in [0.5, 0.6) is 5.75 Å². The third-order valence-corrected chi connectivity index (χ3v) is 9.18. The van der Waals surface area contributed by atoms with Gasteiger partial charge in [0, 0.05) is 49.4 Å². The van der Waals surface area contributed by atoms with Crippen LogP contribution >= 0.6 is 0 Å². The number of hydrogen-bond donors (Lipinski definition) is 5. The second kappa shape index (κ2) is 17.5. The number of carbonyl (C=O) groups excluding carboxylic acids is 6.